The van der Waals surface area contributed by atoms with E-state index < -0.39 is 23.9 Å². The van der Waals surface area contributed by atoms with Gasteiger partial charge in [-0.25, -0.2) is 0 Å². The topological polar surface area (TPSA) is 46.3 Å². The largest absolute Gasteiger partial charge is 0.392 e. The predicted molar refractivity (Wildman–Crippen MR) is 62.8 cm³/mol. The molecule has 0 aromatic carbocycles. The third-order valence-electron chi connectivity index (χ3n) is 3.44. The molecule has 3 unspecified atom stereocenters. The van der Waals surface area contributed by atoms with Gasteiger partial charge >= 0.3 is 6.18 Å². The van der Waals surface area contributed by atoms with E-state index in [0.717, 1.165) is 0 Å². The molecule has 0 aromatic heterocycles. The highest BCUT2D eigenvalue weighted by Crippen LogP contribution is 2.42. The zero-order valence-corrected chi connectivity index (χ0v) is 10.8. The van der Waals surface area contributed by atoms with Gasteiger partial charge in [-0.1, -0.05) is 12.8 Å². The lowest BCUT2D eigenvalue weighted by Gasteiger charge is -2.34. The van der Waals surface area contributed by atoms with Crippen molar-refractivity contribution in [1.82, 2.24) is 4.90 Å². The Morgan fingerprint density at radius 1 is 1.39 bits per heavy atom. The molecular formula is C12H21F3N2O. The van der Waals surface area contributed by atoms with E-state index in [2.05, 4.69) is 0 Å². The van der Waals surface area contributed by atoms with Crippen LogP contribution in [0, 0.1) is 11.8 Å². The molecule has 0 bridgehead atoms. The first-order valence-corrected chi connectivity index (χ1v) is 6.30. The number of carbonyl (C=O) groups is 1. The fraction of sp³-hybridized carbons (Fsp3) is 0.917. The van der Waals surface area contributed by atoms with Gasteiger partial charge in [0.05, 0.1) is 5.92 Å². The molecule has 1 fully saturated rings. The second kappa shape index (κ2) is 5.91. The third-order valence-corrected chi connectivity index (χ3v) is 3.44. The molecule has 0 heterocycles. The Kier molecular flexibility index (Phi) is 5.01. The molecule has 0 aliphatic heterocycles. The van der Waals surface area contributed by atoms with Crippen molar-refractivity contribution >= 4 is 5.91 Å². The van der Waals surface area contributed by atoms with Gasteiger partial charge < -0.3 is 10.6 Å². The number of alkyl halides is 3. The van der Waals surface area contributed by atoms with Gasteiger partial charge in [-0.2, -0.15) is 13.2 Å². The van der Waals surface area contributed by atoms with Gasteiger partial charge in [-0.15, -0.1) is 0 Å². The standard InChI is InChI=1S/C12H21F3N2O/c1-8(16)7-17(2)11(18)9-5-3-4-6-10(9)12(13,14)15/h8-10H,3-7,16H2,1-2H3. The van der Waals surface area contributed by atoms with Crippen LogP contribution < -0.4 is 5.73 Å². The maximum absolute atomic E-state index is 12.9. The molecule has 6 heteroatoms. The van der Waals surface area contributed by atoms with Gasteiger partial charge in [0, 0.05) is 25.6 Å². The van der Waals surface area contributed by atoms with Crippen molar-refractivity contribution in [2.75, 3.05) is 13.6 Å². The van der Waals surface area contributed by atoms with E-state index in [1.54, 1.807) is 6.92 Å². The van der Waals surface area contributed by atoms with Crippen molar-refractivity contribution in [2.45, 2.75) is 44.8 Å². The maximum Gasteiger partial charge on any atom is 0.392 e. The van der Waals surface area contributed by atoms with Crippen molar-refractivity contribution < 1.29 is 18.0 Å². The molecule has 0 radical (unpaired) electrons. The molecule has 106 valence electrons. The summed E-state index contributed by atoms with van der Waals surface area (Å²) in [5.41, 5.74) is 5.56. The second-order valence-electron chi connectivity index (χ2n) is 5.24. The van der Waals surface area contributed by atoms with E-state index in [-0.39, 0.29) is 12.5 Å². The van der Waals surface area contributed by atoms with Gasteiger partial charge in [-0.05, 0) is 19.8 Å². The molecule has 3 nitrogen and oxygen atoms in total. The number of halogens is 3. The fourth-order valence-corrected chi connectivity index (χ4v) is 2.62. The van der Waals surface area contributed by atoms with Crippen LogP contribution >= 0.6 is 0 Å². The molecule has 0 saturated heterocycles. The molecule has 1 amide bonds. The van der Waals surface area contributed by atoms with Crippen molar-refractivity contribution in [2.24, 2.45) is 17.6 Å². The number of hydrogen-bond acceptors (Lipinski definition) is 2. The second-order valence-corrected chi connectivity index (χ2v) is 5.24. The number of amides is 1. The average molecular weight is 266 g/mol. The highest BCUT2D eigenvalue weighted by atomic mass is 19.4. The van der Waals surface area contributed by atoms with Crippen molar-refractivity contribution in [3.63, 3.8) is 0 Å². The number of carbonyl (C=O) groups excluding carboxylic acids is 1. The molecule has 1 aliphatic rings. The van der Waals surface area contributed by atoms with Crippen molar-refractivity contribution in [3.05, 3.63) is 0 Å². The monoisotopic (exact) mass is 266 g/mol. The van der Waals surface area contributed by atoms with Crippen LogP contribution in [0.3, 0.4) is 0 Å². The highest BCUT2D eigenvalue weighted by Gasteiger charge is 2.48. The lowest BCUT2D eigenvalue weighted by atomic mass is 9.78. The minimum atomic E-state index is -4.28. The normalized spacial score (nSPS) is 26.8. The minimum Gasteiger partial charge on any atom is -0.344 e. The van der Waals surface area contributed by atoms with E-state index in [9.17, 15) is 18.0 Å². The Bertz CT molecular complexity index is 292. The lowest BCUT2D eigenvalue weighted by Crippen LogP contribution is -2.46. The van der Waals surface area contributed by atoms with Gasteiger partial charge in [-0.3, -0.25) is 4.79 Å². The summed E-state index contributed by atoms with van der Waals surface area (Å²) in [5, 5.41) is 0. The number of hydrogen-bond donors (Lipinski definition) is 1. The molecule has 0 spiro atoms. The zero-order chi connectivity index (χ0) is 13.9. The number of rotatable bonds is 3. The Morgan fingerprint density at radius 3 is 2.44 bits per heavy atom. The molecule has 2 N–H and O–H groups in total. The summed E-state index contributed by atoms with van der Waals surface area (Å²) >= 11 is 0. The molecule has 0 aromatic rings. The van der Waals surface area contributed by atoms with Gasteiger partial charge in [0.2, 0.25) is 5.91 Å². The van der Waals surface area contributed by atoms with Crippen LogP contribution in [0.1, 0.15) is 32.6 Å². The predicted octanol–water partition coefficient (Wildman–Crippen LogP) is 2.16. The molecule has 1 saturated carbocycles. The summed E-state index contributed by atoms with van der Waals surface area (Å²) in [6, 6.07) is -0.230. The van der Waals surface area contributed by atoms with E-state index >= 15 is 0 Å². The van der Waals surface area contributed by atoms with E-state index in [1.807, 2.05) is 0 Å². The Morgan fingerprint density at radius 2 is 1.94 bits per heavy atom. The molecule has 1 rings (SSSR count). The van der Waals surface area contributed by atoms with Gasteiger partial charge in [0.25, 0.3) is 0 Å². The first-order valence-electron chi connectivity index (χ1n) is 6.30. The molecular weight excluding hydrogens is 245 g/mol. The quantitative estimate of drug-likeness (QED) is 0.851. The first-order chi connectivity index (χ1) is 8.23. The van der Waals surface area contributed by atoms with E-state index in [4.69, 9.17) is 5.73 Å². The minimum absolute atomic E-state index is 0.0614. The summed E-state index contributed by atoms with van der Waals surface area (Å²) in [5.74, 6) is -2.84. The van der Waals surface area contributed by atoms with E-state index in [0.29, 0.717) is 25.8 Å². The lowest BCUT2D eigenvalue weighted by molar-refractivity contribution is -0.200. The molecule has 3 atom stereocenters. The van der Waals surface area contributed by atoms with Crippen LogP contribution in [-0.4, -0.2) is 36.6 Å². The number of nitrogens with two attached hydrogens (primary N) is 1. The van der Waals surface area contributed by atoms with Crippen LogP contribution in [0.4, 0.5) is 13.2 Å². The van der Waals surface area contributed by atoms with Crippen LogP contribution in [0.15, 0.2) is 0 Å². The highest BCUT2D eigenvalue weighted by molar-refractivity contribution is 5.79. The smallest absolute Gasteiger partial charge is 0.344 e. The Labute approximate surface area is 106 Å². The summed E-state index contributed by atoms with van der Waals surface area (Å²) in [4.78, 5) is 13.4. The SMILES string of the molecule is CC(N)CN(C)C(=O)C1CCCCC1C(F)(F)F. The van der Waals surface area contributed by atoms with Crippen LogP contribution in [-0.2, 0) is 4.79 Å². The Hall–Kier alpha value is -0.780. The molecule has 18 heavy (non-hydrogen) atoms. The number of nitrogens with zero attached hydrogens (tertiary/aromatic N) is 1. The number of likely N-dealkylation sites (N-methyl/N-ethyl adjacent to an activating group) is 1. The summed E-state index contributed by atoms with van der Waals surface area (Å²) in [7, 11) is 1.52. The summed E-state index contributed by atoms with van der Waals surface area (Å²) < 4.78 is 38.6. The first kappa shape index (κ1) is 15.3. The summed E-state index contributed by atoms with van der Waals surface area (Å²) in [6.07, 6.45) is -2.66. The Balaban J connectivity index is 2.74. The third kappa shape index (κ3) is 3.86. The maximum atomic E-state index is 12.9. The van der Waals surface area contributed by atoms with E-state index in [1.165, 1.54) is 11.9 Å². The van der Waals surface area contributed by atoms with Gasteiger partial charge in [0.1, 0.15) is 0 Å². The van der Waals surface area contributed by atoms with Crippen molar-refractivity contribution in [1.29, 1.82) is 0 Å². The molecule has 1 aliphatic carbocycles. The van der Waals surface area contributed by atoms with Crippen LogP contribution in [0.5, 0.6) is 0 Å². The zero-order valence-electron chi connectivity index (χ0n) is 10.8. The average Bonchev–Trinajstić information content (AvgIpc) is 2.26. The van der Waals surface area contributed by atoms with Gasteiger partial charge in [0.15, 0.2) is 0 Å². The van der Waals surface area contributed by atoms with Crippen LogP contribution in [0.25, 0.3) is 0 Å². The van der Waals surface area contributed by atoms with Crippen molar-refractivity contribution in [3.8, 4) is 0 Å². The van der Waals surface area contributed by atoms with Crippen LogP contribution in [0.2, 0.25) is 0 Å². The summed E-state index contributed by atoms with van der Waals surface area (Å²) in [6.45, 7) is 2.02. The fourth-order valence-electron chi connectivity index (χ4n) is 2.62.